The van der Waals surface area contributed by atoms with Crippen molar-refractivity contribution >= 4 is 22.6 Å². The topological polar surface area (TPSA) is 130 Å². The van der Waals surface area contributed by atoms with Crippen LogP contribution in [-0.2, 0) is 14.1 Å². The number of aromatic hydroxyl groups is 1. The summed E-state index contributed by atoms with van der Waals surface area (Å²) in [5.74, 6) is 0.455. The second-order valence-corrected chi connectivity index (χ2v) is 7.33. The number of benzene rings is 2. The Morgan fingerprint density at radius 3 is 2.25 bits per heavy atom. The molecule has 0 aliphatic rings. The first-order chi connectivity index (χ1) is 15.3. The van der Waals surface area contributed by atoms with Gasteiger partial charge in [-0.3, -0.25) is 33.0 Å². The van der Waals surface area contributed by atoms with Crippen LogP contribution >= 0.6 is 0 Å². The minimum absolute atomic E-state index is 0.0458. The summed E-state index contributed by atoms with van der Waals surface area (Å²) >= 11 is 0. The van der Waals surface area contributed by atoms with Crippen LogP contribution in [0.15, 0.2) is 64.3 Å². The van der Waals surface area contributed by atoms with Crippen LogP contribution in [0.1, 0.15) is 0 Å². The highest BCUT2D eigenvalue weighted by molar-refractivity contribution is 5.79. The Morgan fingerprint density at radius 2 is 1.62 bits per heavy atom. The van der Waals surface area contributed by atoms with Crippen LogP contribution in [0.3, 0.4) is 0 Å². The van der Waals surface area contributed by atoms with Crippen molar-refractivity contribution in [3.63, 3.8) is 0 Å². The number of nitro benzene ring substituents is 1. The van der Waals surface area contributed by atoms with Gasteiger partial charge in [-0.25, -0.2) is 4.79 Å². The second-order valence-electron chi connectivity index (χ2n) is 7.33. The van der Waals surface area contributed by atoms with Gasteiger partial charge in [0, 0.05) is 43.7 Å². The summed E-state index contributed by atoms with van der Waals surface area (Å²) in [6.07, 6.45) is 1.70. The van der Waals surface area contributed by atoms with E-state index in [0.717, 1.165) is 4.57 Å². The monoisotopic (exact) mass is 432 g/mol. The Morgan fingerprint density at radius 1 is 0.969 bits per heavy atom. The maximum Gasteiger partial charge on any atom is 0.332 e. The van der Waals surface area contributed by atoms with Gasteiger partial charge < -0.3 is 5.11 Å². The van der Waals surface area contributed by atoms with Crippen molar-refractivity contribution in [2.45, 2.75) is 0 Å². The van der Waals surface area contributed by atoms with Crippen molar-refractivity contribution in [3.8, 4) is 22.7 Å². The number of aryl methyl sites for hydroxylation is 1. The van der Waals surface area contributed by atoms with E-state index in [1.165, 1.54) is 35.9 Å². The average Bonchev–Trinajstić information content (AvgIpc) is 3.33. The molecule has 0 spiro atoms. The third kappa shape index (κ3) is 2.64. The number of nitrogens with zero attached hydrogens (tertiary/aromatic N) is 6. The van der Waals surface area contributed by atoms with Crippen LogP contribution in [-0.4, -0.2) is 33.1 Å². The normalized spacial score (nSPS) is 11.4. The molecule has 2 aromatic carbocycles. The summed E-state index contributed by atoms with van der Waals surface area (Å²) in [5.41, 5.74) is 1.35. The average molecular weight is 432 g/mol. The number of hydrogen-bond acceptors (Lipinski definition) is 6. The lowest BCUT2D eigenvalue weighted by Crippen LogP contribution is -2.37. The molecule has 0 saturated heterocycles. The molecule has 0 saturated carbocycles. The van der Waals surface area contributed by atoms with E-state index in [-0.39, 0.29) is 22.6 Å². The molecule has 0 radical (unpaired) electrons. The number of aromatic nitrogens is 5. The highest BCUT2D eigenvalue weighted by Gasteiger charge is 2.22. The van der Waals surface area contributed by atoms with Gasteiger partial charge in [0.25, 0.3) is 11.2 Å². The predicted octanol–water partition coefficient (Wildman–Crippen LogP) is 1.96. The first-order valence-electron chi connectivity index (χ1n) is 9.51. The van der Waals surface area contributed by atoms with Gasteiger partial charge in [-0.05, 0) is 36.4 Å². The summed E-state index contributed by atoms with van der Waals surface area (Å²) in [6, 6.07) is 12.4. The van der Waals surface area contributed by atoms with Gasteiger partial charge in [0.2, 0.25) is 5.78 Å². The van der Waals surface area contributed by atoms with Crippen molar-refractivity contribution in [1.82, 2.24) is 23.1 Å². The smallest absolute Gasteiger partial charge is 0.332 e. The third-order valence-electron chi connectivity index (χ3n) is 5.45. The summed E-state index contributed by atoms with van der Waals surface area (Å²) in [6.45, 7) is 0. The Balaban J connectivity index is 1.90. The summed E-state index contributed by atoms with van der Waals surface area (Å²) < 4.78 is 5.67. The zero-order valence-corrected chi connectivity index (χ0v) is 17.0. The molecule has 5 rings (SSSR count). The lowest BCUT2D eigenvalue weighted by molar-refractivity contribution is -0.384. The zero-order valence-electron chi connectivity index (χ0n) is 17.0. The van der Waals surface area contributed by atoms with Crippen LogP contribution in [0, 0.1) is 10.1 Å². The second kappa shape index (κ2) is 6.67. The molecule has 0 aliphatic heterocycles. The molecule has 1 N–H and O–H groups in total. The van der Waals surface area contributed by atoms with E-state index in [1.807, 2.05) is 0 Å². The number of nitro groups is 1. The van der Waals surface area contributed by atoms with E-state index >= 15 is 0 Å². The fourth-order valence-corrected chi connectivity index (χ4v) is 3.78. The van der Waals surface area contributed by atoms with E-state index in [1.54, 1.807) is 46.5 Å². The number of rotatable bonds is 3. The number of hydrogen-bond donors (Lipinski definition) is 1. The highest BCUT2D eigenvalue weighted by atomic mass is 16.6. The van der Waals surface area contributed by atoms with Gasteiger partial charge in [0.05, 0.1) is 10.6 Å². The molecule has 0 fully saturated rings. The third-order valence-corrected chi connectivity index (χ3v) is 5.45. The van der Waals surface area contributed by atoms with Crippen LogP contribution < -0.4 is 11.2 Å². The number of phenols is 1. The molecule has 11 nitrogen and oxygen atoms in total. The number of non-ortho nitro benzene ring substituents is 1. The van der Waals surface area contributed by atoms with Gasteiger partial charge in [-0.15, -0.1) is 0 Å². The molecular weight excluding hydrogens is 416 g/mol. The summed E-state index contributed by atoms with van der Waals surface area (Å²) in [7, 11) is 2.94. The van der Waals surface area contributed by atoms with Gasteiger partial charge in [0.1, 0.15) is 5.75 Å². The zero-order chi connectivity index (χ0) is 22.7. The lowest BCUT2D eigenvalue weighted by atomic mass is 10.1. The van der Waals surface area contributed by atoms with Gasteiger partial charge in [0.15, 0.2) is 11.2 Å². The Labute approximate surface area is 178 Å². The molecule has 160 valence electrons. The van der Waals surface area contributed by atoms with E-state index < -0.39 is 16.2 Å². The van der Waals surface area contributed by atoms with Crippen LogP contribution in [0.2, 0.25) is 0 Å². The molecular formula is C21H16N6O5. The highest BCUT2D eigenvalue weighted by Crippen LogP contribution is 2.30. The van der Waals surface area contributed by atoms with Crippen LogP contribution in [0.5, 0.6) is 5.75 Å². The number of fused-ring (bicyclic) bond motifs is 3. The fraction of sp³-hybridized carbons (Fsp3) is 0.0952. The van der Waals surface area contributed by atoms with Gasteiger partial charge in [-0.2, -0.15) is 4.98 Å². The molecule has 0 atom stereocenters. The molecule has 0 bridgehead atoms. The molecule has 0 aliphatic carbocycles. The van der Waals surface area contributed by atoms with Crippen molar-refractivity contribution < 1.29 is 10.0 Å². The van der Waals surface area contributed by atoms with E-state index in [9.17, 15) is 24.8 Å². The summed E-state index contributed by atoms with van der Waals surface area (Å²) in [4.78, 5) is 40.4. The largest absolute Gasteiger partial charge is 0.508 e. The Hall–Kier alpha value is -4.67. The quantitative estimate of drug-likeness (QED) is 0.343. The van der Waals surface area contributed by atoms with E-state index in [4.69, 9.17) is 0 Å². The maximum atomic E-state index is 12.9. The molecule has 3 heterocycles. The van der Waals surface area contributed by atoms with Gasteiger partial charge >= 0.3 is 5.69 Å². The standard InChI is InChI=1S/C21H16N6O5/c1-23-18-17(19(29)24(2)21(23)30)25-11-16(12-3-5-14(6-4-12)27(31)32)26(20(25)22-18)13-7-9-15(28)10-8-13/h3-11,28H,1-2H3. The molecule has 0 unspecified atom stereocenters. The van der Waals surface area contributed by atoms with E-state index in [2.05, 4.69) is 4.98 Å². The SMILES string of the molecule is Cn1c(=O)c2c(nc3n(-c4ccc(O)cc4)c(-c4ccc([N+](=O)[O-])cc4)cn23)n(C)c1=O. The molecule has 5 aromatic rings. The molecule has 0 amide bonds. The maximum absolute atomic E-state index is 12.9. The van der Waals surface area contributed by atoms with Crippen molar-refractivity contribution in [2.24, 2.45) is 14.1 Å². The van der Waals surface area contributed by atoms with Gasteiger partial charge in [-0.1, -0.05) is 0 Å². The minimum atomic E-state index is -0.492. The lowest BCUT2D eigenvalue weighted by Gasteiger charge is -2.09. The fourth-order valence-electron chi connectivity index (χ4n) is 3.78. The van der Waals surface area contributed by atoms with Crippen LogP contribution in [0.4, 0.5) is 5.69 Å². The van der Waals surface area contributed by atoms with Crippen LogP contribution in [0.25, 0.3) is 33.9 Å². The van der Waals surface area contributed by atoms with Crippen molar-refractivity contribution in [3.05, 3.63) is 85.7 Å². The first-order valence-corrected chi connectivity index (χ1v) is 9.51. The number of phenolic OH excluding ortho intramolecular Hbond substituents is 1. The molecule has 3 aromatic heterocycles. The summed E-state index contributed by atoms with van der Waals surface area (Å²) in [5, 5.41) is 20.7. The Bertz CT molecular complexity index is 1650. The number of imidazole rings is 2. The molecule has 11 heteroatoms. The van der Waals surface area contributed by atoms with Crippen molar-refractivity contribution in [2.75, 3.05) is 0 Å². The molecule has 32 heavy (non-hydrogen) atoms. The first kappa shape index (κ1) is 19.3. The minimum Gasteiger partial charge on any atom is -0.508 e. The predicted molar refractivity (Wildman–Crippen MR) is 116 cm³/mol. The van der Waals surface area contributed by atoms with Crippen molar-refractivity contribution in [1.29, 1.82) is 0 Å². The van der Waals surface area contributed by atoms with E-state index in [0.29, 0.717) is 22.7 Å². The Kier molecular flexibility index (Phi) is 4.02.